The second kappa shape index (κ2) is 7.41. The van der Waals surface area contributed by atoms with Gasteiger partial charge >= 0.3 is 12.1 Å². The predicted octanol–water partition coefficient (Wildman–Crippen LogP) is 6.08. The van der Waals surface area contributed by atoms with Crippen LogP contribution in [0.3, 0.4) is 0 Å². The molecule has 6 nitrogen and oxygen atoms in total. The molecule has 0 atom stereocenters. The molecule has 150 valence electrons. The summed E-state index contributed by atoms with van der Waals surface area (Å²) in [5.74, 6) is -1.50. The lowest BCUT2D eigenvalue weighted by atomic mass is 10.1. The first-order valence-electron chi connectivity index (χ1n) is 7.77. The van der Waals surface area contributed by atoms with Crippen molar-refractivity contribution in [3.8, 4) is 16.9 Å². The molecule has 0 bridgehead atoms. The second-order valence-electron chi connectivity index (χ2n) is 5.80. The van der Waals surface area contributed by atoms with Crippen LogP contribution in [0, 0.1) is 10.1 Å². The van der Waals surface area contributed by atoms with Crippen molar-refractivity contribution in [3.63, 3.8) is 0 Å². The van der Waals surface area contributed by atoms with E-state index in [1.54, 1.807) is 0 Å². The van der Waals surface area contributed by atoms with Gasteiger partial charge in [0, 0.05) is 11.6 Å². The number of carbonyl (C=O) groups is 1. The van der Waals surface area contributed by atoms with Gasteiger partial charge in [0.15, 0.2) is 0 Å². The van der Waals surface area contributed by atoms with E-state index < -0.39 is 39.7 Å². The van der Waals surface area contributed by atoms with Gasteiger partial charge in [-0.05, 0) is 24.3 Å². The molecule has 2 aromatic carbocycles. The van der Waals surface area contributed by atoms with Crippen molar-refractivity contribution >= 4 is 34.9 Å². The number of nitrogens with zero attached hydrogens (tertiary/aromatic N) is 2. The number of rotatable bonds is 4. The van der Waals surface area contributed by atoms with Crippen LogP contribution in [0.4, 0.5) is 18.9 Å². The van der Waals surface area contributed by atoms with Crippen molar-refractivity contribution in [3.05, 3.63) is 79.9 Å². The fourth-order valence-corrected chi connectivity index (χ4v) is 3.16. The molecule has 0 aliphatic heterocycles. The molecule has 0 aliphatic carbocycles. The standard InChI is InChI=1S/C18H9Cl2F3N2O4/c19-11-6-5-9(7-12(11)20)16-14(25(28)29)8-15(18(21,22)23)24(16)13-4-2-1-3-10(13)17(26)27/h1-8H,(H,26,27). The van der Waals surface area contributed by atoms with E-state index in [2.05, 4.69) is 0 Å². The van der Waals surface area contributed by atoms with Crippen molar-refractivity contribution in [1.29, 1.82) is 0 Å². The maximum atomic E-state index is 13.7. The summed E-state index contributed by atoms with van der Waals surface area (Å²) in [6.45, 7) is 0. The van der Waals surface area contributed by atoms with Gasteiger partial charge in [-0.1, -0.05) is 41.4 Å². The molecule has 0 amide bonds. The monoisotopic (exact) mass is 444 g/mol. The highest BCUT2D eigenvalue weighted by Gasteiger charge is 2.41. The highest BCUT2D eigenvalue weighted by Crippen LogP contribution is 2.43. The fraction of sp³-hybridized carbons (Fsp3) is 0.0556. The molecule has 0 saturated heterocycles. The Morgan fingerprint density at radius 1 is 1.07 bits per heavy atom. The summed E-state index contributed by atoms with van der Waals surface area (Å²) in [5, 5.41) is 21.0. The Morgan fingerprint density at radius 2 is 1.72 bits per heavy atom. The molecule has 0 fully saturated rings. The maximum absolute atomic E-state index is 13.7. The van der Waals surface area contributed by atoms with Crippen molar-refractivity contribution < 1.29 is 28.0 Å². The van der Waals surface area contributed by atoms with Crippen molar-refractivity contribution in [1.82, 2.24) is 4.57 Å². The minimum Gasteiger partial charge on any atom is -0.478 e. The van der Waals surface area contributed by atoms with Crippen LogP contribution in [0.1, 0.15) is 16.1 Å². The van der Waals surface area contributed by atoms with Gasteiger partial charge in [0.1, 0.15) is 11.4 Å². The van der Waals surface area contributed by atoms with Gasteiger partial charge in [-0.15, -0.1) is 0 Å². The van der Waals surface area contributed by atoms with Gasteiger partial charge in [0.25, 0.3) is 5.69 Å². The van der Waals surface area contributed by atoms with E-state index in [1.165, 1.54) is 30.3 Å². The summed E-state index contributed by atoms with van der Waals surface area (Å²) >= 11 is 11.8. The number of aromatic carboxylic acids is 1. The number of para-hydroxylation sites is 1. The summed E-state index contributed by atoms with van der Waals surface area (Å²) < 4.78 is 41.7. The minimum absolute atomic E-state index is 0.0358. The Bertz CT molecular complexity index is 1140. The van der Waals surface area contributed by atoms with Gasteiger partial charge in [0.05, 0.1) is 26.2 Å². The Kier molecular flexibility index (Phi) is 5.29. The molecule has 0 saturated carbocycles. The van der Waals surface area contributed by atoms with E-state index in [4.69, 9.17) is 23.2 Å². The Hall–Kier alpha value is -3.04. The average molecular weight is 445 g/mol. The third-order valence-electron chi connectivity index (χ3n) is 4.04. The number of benzene rings is 2. The maximum Gasteiger partial charge on any atom is 0.432 e. The third-order valence-corrected chi connectivity index (χ3v) is 4.78. The Labute approximate surface area is 170 Å². The molecule has 1 aromatic heterocycles. The number of aromatic nitrogens is 1. The molecule has 29 heavy (non-hydrogen) atoms. The zero-order valence-corrected chi connectivity index (χ0v) is 15.6. The van der Waals surface area contributed by atoms with Gasteiger partial charge in [-0.25, -0.2) is 4.79 Å². The van der Waals surface area contributed by atoms with Crippen molar-refractivity contribution in [2.75, 3.05) is 0 Å². The molecule has 0 unspecified atom stereocenters. The van der Waals surface area contributed by atoms with Crippen LogP contribution in [-0.4, -0.2) is 20.6 Å². The molecule has 1 heterocycles. The fourth-order valence-electron chi connectivity index (χ4n) is 2.87. The predicted molar refractivity (Wildman–Crippen MR) is 99.8 cm³/mol. The average Bonchev–Trinajstić information content (AvgIpc) is 3.05. The molecule has 1 N–H and O–H groups in total. The Balaban J connectivity index is 2.50. The topological polar surface area (TPSA) is 85.4 Å². The first-order chi connectivity index (χ1) is 13.5. The van der Waals surface area contributed by atoms with E-state index in [9.17, 15) is 33.2 Å². The zero-order valence-electron chi connectivity index (χ0n) is 14.1. The van der Waals surface area contributed by atoms with Crippen LogP contribution < -0.4 is 0 Å². The lowest BCUT2D eigenvalue weighted by Gasteiger charge is -2.17. The highest BCUT2D eigenvalue weighted by atomic mass is 35.5. The number of carboxylic acids is 1. The van der Waals surface area contributed by atoms with Crippen LogP contribution in [0.2, 0.25) is 10.0 Å². The summed E-state index contributed by atoms with van der Waals surface area (Å²) in [6, 6.07) is 8.95. The molecular formula is C18H9Cl2F3N2O4. The number of hydrogen-bond donors (Lipinski definition) is 1. The van der Waals surface area contributed by atoms with Crippen LogP contribution in [0.25, 0.3) is 16.9 Å². The van der Waals surface area contributed by atoms with Gasteiger partial charge < -0.3 is 5.11 Å². The second-order valence-corrected chi connectivity index (χ2v) is 6.62. The van der Waals surface area contributed by atoms with Crippen LogP contribution in [-0.2, 0) is 6.18 Å². The van der Waals surface area contributed by atoms with Crippen LogP contribution in [0.15, 0.2) is 48.5 Å². The molecule has 0 radical (unpaired) electrons. The zero-order chi connectivity index (χ0) is 21.5. The van der Waals surface area contributed by atoms with E-state index in [-0.39, 0.29) is 21.3 Å². The molecule has 0 aliphatic rings. The third kappa shape index (κ3) is 3.79. The lowest BCUT2D eigenvalue weighted by molar-refractivity contribution is -0.384. The van der Waals surface area contributed by atoms with Crippen LogP contribution in [0.5, 0.6) is 0 Å². The van der Waals surface area contributed by atoms with E-state index >= 15 is 0 Å². The molecule has 11 heteroatoms. The molecule has 3 rings (SSSR count). The van der Waals surface area contributed by atoms with Crippen LogP contribution >= 0.6 is 23.2 Å². The SMILES string of the molecule is O=C(O)c1ccccc1-n1c(C(F)(F)F)cc([N+](=O)[O-])c1-c1ccc(Cl)c(Cl)c1. The summed E-state index contributed by atoms with van der Waals surface area (Å²) in [5.41, 5.74) is -3.64. The molecule has 3 aromatic rings. The highest BCUT2D eigenvalue weighted by molar-refractivity contribution is 6.42. The van der Waals surface area contributed by atoms with Crippen molar-refractivity contribution in [2.45, 2.75) is 6.18 Å². The molecular weight excluding hydrogens is 436 g/mol. The number of carboxylic acid groups (broad SMARTS) is 1. The van der Waals surface area contributed by atoms with Gasteiger partial charge in [0.2, 0.25) is 0 Å². The van der Waals surface area contributed by atoms with E-state index in [0.29, 0.717) is 10.6 Å². The molecule has 0 spiro atoms. The minimum atomic E-state index is -5.01. The number of halogens is 5. The largest absolute Gasteiger partial charge is 0.478 e. The normalized spacial score (nSPS) is 11.5. The smallest absolute Gasteiger partial charge is 0.432 e. The van der Waals surface area contributed by atoms with Gasteiger partial charge in [-0.2, -0.15) is 13.2 Å². The summed E-state index contributed by atoms with van der Waals surface area (Å²) in [4.78, 5) is 22.1. The quantitative estimate of drug-likeness (QED) is 0.390. The summed E-state index contributed by atoms with van der Waals surface area (Å²) in [6.07, 6.45) is -5.01. The summed E-state index contributed by atoms with van der Waals surface area (Å²) in [7, 11) is 0. The number of alkyl halides is 3. The van der Waals surface area contributed by atoms with Crippen molar-refractivity contribution in [2.24, 2.45) is 0 Å². The Morgan fingerprint density at radius 3 is 2.28 bits per heavy atom. The number of nitro groups is 1. The van der Waals surface area contributed by atoms with E-state index in [0.717, 1.165) is 12.1 Å². The first kappa shape index (κ1) is 20.7. The lowest BCUT2D eigenvalue weighted by Crippen LogP contribution is -2.15. The first-order valence-corrected chi connectivity index (χ1v) is 8.53. The van der Waals surface area contributed by atoms with E-state index in [1.807, 2.05) is 0 Å². The van der Waals surface area contributed by atoms with Gasteiger partial charge in [-0.3, -0.25) is 14.7 Å². The number of hydrogen-bond acceptors (Lipinski definition) is 3.